The second-order valence-corrected chi connectivity index (χ2v) is 10.5. The zero-order valence-corrected chi connectivity index (χ0v) is 19.1. The number of hydrogen-bond donors (Lipinski definition) is 2. The average molecular weight is 487 g/mol. The molecule has 0 aliphatic carbocycles. The van der Waals surface area contributed by atoms with E-state index in [-0.39, 0.29) is 27.4 Å². The number of nitro benzene ring substituents is 1. The summed E-state index contributed by atoms with van der Waals surface area (Å²) in [4.78, 5) is 25.7. The first-order chi connectivity index (χ1) is 15.8. The molecule has 1 aliphatic heterocycles. The summed E-state index contributed by atoms with van der Waals surface area (Å²) in [5.74, 6) is -0.316. The maximum atomic E-state index is 13.0. The van der Waals surface area contributed by atoms with Crippen LogP contribution in [0.2, 0.25) is 0 Å². The molecule has 0 spiro atoms. The number of para-hydroxylation sites is 1. The van der Waals surface area contributed by atoms with E-state index < -0.39 is 14.9 Å². The van der Waals surface area contributed by atoms with E-state index in [1.165, 1.54) is 12.1 Å². The number of nitro groups is 1. The third-order valence-corrected chi connectivity index (χ3v) is 8.28. The summed E-state index contributed by atoms with van der Waals surface area (Å²) in [6.07, 6.45) is 0.929. The van der Waals surface area contributed by atoms with E-state index in [4.69, 9.17) is 0 Å². The monoisotopic (exact) mass is 486 g/mol. The lowest BCUT2D eigenvalue weighted by Crippen LogP contribution is -2.46. The molecule has 11 heteroatoms. The van der Waals surface area contributed by atoms with Gasteiger partial charge in [-0.25, -0.2) is 13.1 Å². The molecule has 2 aromatic carbocycles. The predicted octanol–water partition coefficient (Wildman–Crippen LogP) is 3.98. The largest absolute Gasteiger partial charge is 0.350 e. The van der Waals surface area contributed by atoms with Crippen LogP contribution in [-0.4, -0.2) is 43.3 Å². The van der Waals surface area contributed by atoms with Crippen molar-refractivity contribution in [2.75, 3.05) is 18.4 Å². The highest BCUT2D eigenvalue weighted by atomic mass is 32.2. The fourth-order valence-electron chi connectivity index (χ4n) is 3.68. The molecule has 0 bridgehead atoms. The Morgan fingerprint density at radius 1 is 1.06 bits per heavy atom. The lowest BCUT2D eigenvalue weighted by Gasteiger charge is -2.32. The minimum Gasteiger partial charge on any atom is -0.350 e. The Labute approximate surface area is 195 Å². The molecular weight excluding hydrogens is 464 g/mol. The van der Waals surface area contributed by atoms with Gasteiger partial charge in [0.05, 0.1) is 4.92 Å². The van der Waals surface area contributed by atoms with Gasteiger partial charge in [0, 0.05) is 36.4 Å². The summed E-state index contributed by atoms with van der Waals surface area (Å²) >= 11 is 1.15. The number of hydrogen-bond acceptors (Lipinski definition) is 7. The second-order valence-electron chi connectivity index (χ2n) is 7.60. The normalized spacial score (nSPS) is 14.7. The number of nitrogens with zero attached hydrogens (tertiary/aromatic N) is 2. The Morgan fingerprint density at radius 2 is 1.79 bits per heavy atom. The molecule has 172 valence electrons. The number of piperidine rings is 1. The molecule has 0 saturated carbocycles. The van der Waals surface area contributed by atoms with E-state index in [0.717, 1.165) is 11.3 Å². The van der Waals surface area contributed by atoms with Crippen LogP contribution in [0, 0.1) is 10.1 Å². The van der Waals surface area contributed by atoms with E-state index in [0.29, 0.717) is 37.3 Å². The standard InChI is InChI=1S/C22H22N4O5S2/c27-22(25-12-10-18(11-13-25)24-33(30,31)21-7-4-14-32-21)16-8-9-19(20(15-16)26(28)29)23-17-5-2-1-3-6-17/h1-9,14-15,18,23-24H,10-13H2. The highest BCUT2D eigenvalue weighted by Gasteiger charge is 2.28. The molecule has 0 unspecified atom stereocenters. The molecular formula is C22H22N4O5S2. The van der Waals surface area contributed by atoms with Crippen molar-refractivity contribution in [2.24, 2.45) is 0 Å². The molecule has 2 N–H and O–H groups in total. The average Bonchev–Trinajstić information content (AvgIpc) is 3.36. The van der Waals surface area contributed by atoms with E-state index in [1.54, 1.807) is 40.6 Å². The second kappa shape index (κ2) is 9.69. The number of nitrogens with one attached hydrogen (secondary N) is 2. The topological polar surface area (TPSA) is 122 Å². The molecule has 9 nitrogen and oxygen atoms in total. The molecule has 0 atom stereocenters. The first-order valence-electron chi connectivity index (χ1n) is 10.3. The number of benzene rings is 2. The van der Waals surface area contributed by atoms with Gasteiger partial charge in [-0.15, -0.1) is 11.3 Å². The van der Waals surface area contributed by atoms with E-state index in [9.17, 15) is 23.3 Å². The van der Waals surface area contributed by atoms with Gasteiger partial charge < -0.3 is 10.2 Å². The molecule has 1 aliphatic rings. The minimum absolute atomic E-state index is 0.191. The van der Waals surface area contributed by atoms with Gasteiger partial charge >= 0.3 is 0 Å². The van der Waals surface area contributed by atoms with Crippen molar-refractivity contribution < 1.29 is 18.1 Å². The summed E-state index contributed by atoms with van der Waals surface area (Å²) in [6.45, 7) is 0.711. The van der Waals surface area contributed by atoms with Gasteiger partial charge in [-0.3, -0.25) is 14.9 Å². The number of carbonyl (C=O) groups excluding carboxylic acids is 1. The Kier molecular flexibility index (Phi) is 6.72. The zero-order valence-electron chi connectivity index (χ0n) is 17.5. The van der Waals surface area contributed by atoms with Crippen LogP contribution in [-0.2, 0) is 10.0 Å². The summed E-state index contributed by atoms with van der Waals surface area (Å²) in [7, 11) is -3.57. The van der Waals surface area contributed by atoms with Crippen molar-refractivity contribution in [3.8, 4) is 0 Å². The molecule has 1 saturated heterocycles. The molecule has 1 fully saturated rings. The van der Waals surface area contributed by atoms with Gasteiger partial charge in [0.25, 0.3) is 11.6 Å². The Bertz CT molecular complexity index is 1240. The van der Waals surface area contributed by atoms with Crippen LogP contribution in [0.25, 0.3) is 0 Å². The van der Waals surface area contributed by atoms with Gasteiger partial charge in [-0.05, 0) is 48.6 Å². The van der Waals surface area contributed by atoms with Crippen molar-refractivity contribution in [1.29, 1.82) is 0 Å². The maximum Gasteiger partial charge on any atom is 0.293 e. The van der Waals surface area contributed by atoms with Crippen molar-refractivity contribution in [3.63, 3.8) is 0 Å². The molecule has 33 heavy (non-hydrogen) atoms. The van der Waals surface area contributed by atoms with Gasteiger partial charge in [-0.2, -0.15) is 0 Å². The molecule has 0 radical (unpaired) electrons. The number of amides is 1. The van der Waals surface area contributed by atoms with Crippen molar-refractivity contribution in [1.82, 2.24) is 9.62 Å². The van der Waals surface area contributed by atoms with Crippen molar-refractivity contribution in [3.05, 3.63) is 81.7 Å². The van der Waals surface area contributed by atoms with Crippen LogP contribution in [0.4, 0.5) is 17.1 Å². The van der Waals surface area contributed by atoms with Crippen LogP contribution in [0.15, 0.2) is 70.3 Å². The van der Waals surface area contributed by atoms with Crippen LogP contribution in [0.3, 0.4) is 0 Å². The SMILES string of the molecule is O=C(c1ccc(Nc2ccccc2)c([N+](=O)[O-])c1)N1CCC(NS(=O)(=O)c2cccs2)CC1. The fraction of sp³-hybridized carbons (Fsp3) is 0.227. The lowest BCUT2D eigenvalue weighted by molar-refractivity contribution is -0.383. The minimum atomic E-state index is -3.57. The summed E-state index contributed by atoms with van der Waals surface area (Å²) < 4.78 is 27.8. The lowest BCUT2D eigenvalue weighted by atomic mass is 10.0. The van der Waals surface area contributed by atoms with E-state index in [1.807, 2.05) is 18.2 Å². The molecule has 3 aromatic rings. The van der Waals surface area contributed by atoms with Crippen LogP contribution >= 0.6 is 11.3 Å². The number of likely N-dealkylation sites (tertiary alicyclic amines) is 1. The summed E-state index contributed by atoms with van der Waals surface area (Å²) in [5.41, 5.74) is 1.03. The Hall–Kier alpha value is -3.28. The number of sulfonamides is 1. The highest BCUT2D eigenvalue weighted by Crippen LogP contribution is 2.29. The smallest absolute Gasteiger partial charge is 0.293 e. The van der Waals surface area contributed by atoms with Crippen LogP contribution in [0.5, 0.6) is 0 Å². The molecule has 4 rings (SSSR count). The zero-order chi connectivity index (χ0) is 23.4. The summed E-state index contributed by atoms with van der Waals surface area (Å²) in [6, 6.07) is 16.4. The molecule has 2 heterocycles. The number of thiophene rings is 1. The molecule has 1 aromatic heterocycles. The number of anilines is 2. The van der Waals surface area contributed by atoms with E-state index >= 15 is 0 Å². The number of carbonyl (C=O) groups is 1. The maximum absolute atomic E-state index is 13.0. The summed E-state index contributed by atoms with van der Waals surface area (Å²) in [5, 5.41) is 16.3. The van der Waals surface area contributed by atoms with Gasteiger partial charge in [0.1, 0.15) is 9.90 Å². The first-order valence-corrected chi connectivity index (χ1v) is 12.7. The quantitative estimate of drug-likeness (QED) is 0.385. The van der Waals surface area contributed by atoms with Gasteiger partial charge in [0.15, 0.2) is 0 Å². The predicted molar refractivity (Wildman–Crippen MR) is 126 cm³/mol. The Balaban J connectivity index is 1.42. The Morgan fingerprint density at radius 3 is 2.42 bits per heavy atom. The highest BCUT2D eigenvalue weighted by molar-refractivity contribution is 7.91. The van der Waals surface area contributed by atoms with E-state index in [2.05, 4.69) is 10.0 Å². The van der Waals surface area contributed by atoms with Crippen LogP contribution < -0.4 is 10.0 Å². The van der Waals surface area contributed by atoms with Gasteiger partial charge in [-0.1, -0.05) is 24.3 Å². The van der Waals surface area contributed by atoms with Gasteiger partial charge in [0.2, 0.25) is 10.0 Å². The van der Waals surface area contributed by atoms with Crippen LogP contribution in [0.1, 0.15) is 23.2 Å². The number of rotatable bonds is 7. The molecule has 1 amide bonds. The fourth-order valence-corrected chi connectivity index (χ4v) is 5.99. The third-order valence-electron chi connectivity index (χ3n) is 5.36. The van der Waals surface area contributed by atoms with Crippen molar-refractivity contribution >= 4 is 44.3 Å². The first kappa shape index (κ1) is 22.9. The van der Waals surface area contributed by atoms with Crippen molar-refractivity contribution in [2.45, 2.75) is 23.1 Å². The third kappa shape index (κ3) is 5.38.